The summed E-state index contributed by atoms with van der Waals surface area (Å²) in [5, 5.41) is 7.23. The largest absolute Gasteiger partial charge is 0.355 e. The van der Waals surface area contributed by atoms with Gasteiger partial charge in [0.15, 0.2) is 5.65 Å². The Balaban J connectivity index is 2.40. The highest BCUT2D eigenvalue weighted by atomic mass is 35.5. The van der Waals surface area contributed by atoms with E-state index in [0.29, 0.717) is 19.0 Å². The molecule has 6 nitrogen and oxygen atoms in total. The molecule has 0 aromatic carbocycles. The molecule has 0 atom stereocenters. The quantitative estimate of drug-likeness (QED) is 0.845. The zero-order valence-electron chi connectivity index (χ0n) is 11.4. The van der Waals surface area contributed by atoms with Crippen molar-refractivity contribution in [2.24, 2.45) is 0 Å². The maximum absolute atomic E-state index is 10.9. The van der Waals surface area contributed by atoms with Gasteiger partial charge in [-0.05, 0) is 13.8 Å². The van der Waals surface area contributed by atoms with Crippen LogP contribution in [0.25, 0.3) is 11.2 Å². The van der Waals surface area contributed by atoms with Crippen molar-refractivity contribution in [1.82, 2.24) is 24.6 Å². The van der Waals surface area contributed by atoms with Gasteiger partial charge < -0.3 is 9.88 Å². The average Bonchev–Trinajstić information content (AvgIpc) is 2.88. The predicted molar refractivity (Wildman–Crippen MR) is 74.2 cm³/mol. The molecule has 1 N–H and O–H groups in total. The molecule has 0 radical (unpaired) electrons. The summed E-state index contributed by atoms with van der Waals surface area (Å²) in [5.74, 6) is 1.12. The SMILES string of the molecule is CCn1nc(C)c2nc(CCl)n(CCNC(C)=O)c21. The maximum atomic E-state index is 10.9. The topological polar surface area (TPSA) is 64.7 Å². The fourth-order valence-corrected chi connectivity index (χ4v) is 2.37. The first-order chi connectivity index (χ1) is 9.08. The fourth-order valence-electron chi connectivity index (χ4n) is 2.17. The molecular weight excluding hydrogens is 266 g/mol. The van der Waals surface area contributed by atoms with Crippen LogP contribution in [0.4, 0.5) is 0 Å². The van der Waals surface area contributed by atoms with Crippen LogP contribution >= 0.6 is 11.6 Å². The molecule has 0 saturated heterocycles. The summed E-state index contributed by atoms with van der Waals surface area (Å²) in [5.41, 5.74) is 2.77. The molecule has 2 rings (SSSR count). The number of aryl methyl sites for hydroxylation is 2. The van der Waals surface area contributed by atoms with E-state index in [2.05, 4.69) is 15.4 Å². The molecule has 2 aromatic rings. The molecule has 19 heavy (non-hydrogen) atoms. The van der Waals surface area contributed by atoms with Crippen LogP contribution in [-0.2, 0) is 23.8 Å². The molecule has 7 heteroatoms. The maximum Gasteiger partial charge on any atom is 0.216 e. The van der Waals surface area contributed by atoms with Gasteiger partial charge in [-0.3, -0.25) is 4.79 Å². The Hall–Kier alpha value is -1.56. The van der Waals surface area contributed by atoms with E-state index >= 15 is 0 Å². The molecule has 0 fully saturated rings. The number of nitrogens with zero attached hydrogens (tertiary/aromatic N) is 4. The smallest absolute Gasteiger partial charge is 0.216 e. The number of hydrogen-bond donors (Lipinski definition) is 1. The molecule has 104 valence electrons. The molecule has 0 unspecified atom stereocenters. The van der Waals surface area contributed by atoms with Crippen LogP contribution in [0.5, 0.6) is 0 Å². The third-order valence-corrected chi connectivity index (χ3v) is 3.25. The van der Waals surface area contributed by atoms with Crippen LogP contribution in [-0.4, -0.2) is 31.8 Å². The average molecular weight is 284 g/mol. The van der Waals surface area contributed by atoms with E-state index in [1.54, 1.807) is 0 Å². The van der Waals surface area contributed by atoms with Gasteiger partial charge in [-0.25, -0.2) is 9.67 Å². The minimum Gasteiger partial charge on any atom is -0.355 e. The van der Waals surface area contributed by atoms with Crippen LogP contribution in [0.3, 0.4) is 0 Å². The van der Waals surface area contributed by atoms with Gasteiger partial charge in [0.25, 0.3) is 0 Å². The summed E-state index contributed by atoms with van der Waals surface area (Å²) in [6.07, 6.45) is 0. The summed E-state index contributed by atoms with van der Waals surface area (Å²) in [6, 6.07) is 0. The number of amides is 1. The van der Waals surface area contributed by atoms with Gasteiger partial charge in [-0.2, -0.15) is 5.10 Å². The Bertz CT molecular complexity index is 601. The highest BCUT2D eigenvalue weighted by molar-refractivity contribution is 6.16. The van der Waals surface area contributed by atoms with Gasteiger partial charge in [0, 0.05) is 26.6 Å². The van der Waals surface area contributed by atoms with E-state index in [9.17, 15) is 4.79 Å². The number of fused-ring (bicyclic) bond motifs is 1. The highest BCUT2D eigenvalue weighted by Gasteiger charge is 2.17. The number of carbonyl (C=O) groups is 1. The second kappa shape index (κ2) is 5.61. The van der Waals surface area contributed by atoms with Gasteiger partial charge in [0.1, 0.15) is 11.3 Å². The zero-order chi connectivity index (χ0) is 14.0. The second-order valence-corrected chi connectivity index (χ2v) is 4.64. The number of aromatic nitrogens is 4. The molecule has 2 heterocycles. The van der Waals surface area contributed by atoms with Crippen LogP contribution in [0.2, 0.25) is 0 Å². The molecule has 0 aliphatic carbocycles. The number of hydrogen-bond acceptors (Lipinski definition) is 3. The van der Waals surface area contributed by atoms with Crippen molar-refractivity contribution in [2.45, 2.75) is 39.7 Å². The van der Waals surface area contributed by atoms with Crippen molar-refractivity contribution in [3.05, 3.63) is 11.5 Å². The van der Waals surface area contributed by atoms with Crippen molar-refractivity contribution in [1.29, 1.82) is 0 Å². The summed E-state index contributed by atoms with van der Waals surface area (Å²) >= 11 is 5.95. The Morgan fingerprint density at radius 1 is 1.47 bits per heavy atom. The van der Waals surface area contributed by atoms with Gasteiger partial charge in [0.05, 0.1) is 11.6 Å². The van der Waals surface area contributed by atoms with E-state index in [1.165, 1.54) is 6.92 Å². The molecule has 0 aliphatic heterocycles. The molecule has 0 saturated carbocycles. The number of alkyl halides is 1. The van der Waals surface area contributed by atoms with Crippen molar-refractivity contribution in [2.75, 3.05) is 6.54 Å². The van der Waals surface area contributed by atoms with E-state index in [4.69, 9.17) is 11.6 Å². The fraction of sp³-hybridized carbons (Fsp3) is 0.583. The first-order valence-corrected chi connectivity index (χ1v) is 6.84. The lowest BCUT2D eigenvalue weighted by Gasteiger charge is -2.09. The van der Waals surface area contributed by atoms with Crippen molar-refractivity contribution < 1.29 is 4.79 Å². The number of imidazole rings is 1. The van der Waals surface area contributed by atoms with E-state index < -0.39 is 0 Å². The summed E-state index contributed by atoms with van der Waals surface area (Å²) in [6.45, 7) is 7.46. The molecule has 0 spiro atoms. The van der Waals surface area contributed by atoms with Crippen molar-refractivity contribution in [3.8, 4) is 0 Å². The zero-order valence-corrected chi connectivity index (χ0v) is 12.2. The summed E-state index contributed by atoms with van der Waals surface area (Å²) < 4.78 is 3.95. The van der Waals surface area contributed by atoms with Crippen LogP contribution in [0, 0.1) is 6.92 Å². The monoisotopic (exact) mass is 283 g/mol. The lowest BCUT2D eigenvalue weighted by Crippen LogP contribution is -2.25. The first kappa shape index (κ1) is 13.9. The third-order valence-electron chi connectivity index (χ3n) is 3.01. The highest BCUT2D eigenvalue weighted by Crippen LogP contribution is 2.20. The first-order valence-electron chi connectivity index (χ1n) is 6.31. The Labute approximate surface area is 116 Å². The van der Waals surface area contributed by atoms with Crippen molar-refractivity contribution >= 4 is 28.7 Å². The van der Waals surface area contributed by atoms with E-state index in [1.807, 2.05) is 23.1 Å². The van der Waals surface area contributed by atoms with Crippen LogP contribution < -0.4 is 5.32 Å². The van der Waals surface area contributed by atoms with Crippen LogP contribution in [0.15, 0.2) is 0 Å². The molecular formula is C12H18ClN5O. The van der Waals surface area contributed by atoms with E-state index in [0.717, 1.165) is 29.2 Å². The minimum atomic E-state index is -0.0380. The lowest BCUT2D eigenvalue weighted by atomic mass is 10.4. The molecule has 0 aliphatic rings. The predicted octanol–water partition coefficient (Wildman–Crippen LogP) is 1.44. The van der Waals surface area contributed by atoms with Crippen LogP contribution in [0.1, 0.15) is 25.4 Å². The van der Waals surface area contributed by atoms with Gasteiger partial charge in [-0.15, -0.1) is 11.6 Å². The number of halogens is 1. The number of rotatable bonds is 5. The molecule has 1 amide bonds. The second-order valence-electron chi connectivity index (χ2n) is 4.37. The molecule has 2 aromatic heterocycles. The molecule has 0 bridgehead atoms. The number of carbonyl (C=O) groups excluding carboxylic acids is 1. The normalized spacial score (nSPS) is 11.2. The van der Waals surface area contributed by atoms with Gasteiger partial charge in [0.2, 0.25) is 5.91 Å². The summed E-state index contributed by atoms with van der Waals surface area (Å²) in [4.78, 5) is 15.5. The lowest BCUT2D eigenvalue weighted by molar-refractivity contribution is -0.118. The van der Waals surface area contributed by atoms with Crippen molar-refractivity contribution in [3.63, 3.8) is 0 Å². The van der Waals surface area contributed by atoms with Gasteiger partial charge >= 0.3 is 0 Å². The van der Waals surface area contributed by atoms with E-state index in [-0.39, 0.29) is 5.91 Å². The minimum absolute atomic E-state index is 0.0380. The number of nitrogens with one attached hydrogen (secondary N) is 1. The standard InChI is InChI=1S/C12H18ClN5O/c1-4-18-12-11(8(2)16-18)15-10(7-13)17(12)6-5-14-9(3)19/h4-7H2,1-3H3,(H,14,19). The van der Waals surface area contributed by atoms with Gasteiger partial charge in [-0.1, -0.05) is 0 Å². The Kier molecular flexibility index (Phi) is 4.09. The Morgan fingerprint density at radius 3 is 2.79 bits per heavy atom. The summed E-state index contributed by atoms with van der Waals surface area (Å²) in [7, 11) is 0. The third kappa shape index (κ3) is 2.58. The Morgan fingerprint density at radius 2 is 2.21 bits per heavy atom.